The average molecular weight is 315 g/mol. The molecule has 20 heavy (non-hydrogen) atoms. The highest BCUT2D eigenvalue weighted by Crippen LogP contribution is 2.27. The number of rotatable bonds is 7. The molecule has 0 N–H and O–H groups in total. The summed E-state index contributed by atoms with van der Waals surface area (Å²) in [7, 11) is 0. The number of esters is 1. The Kier molecular flexibility index (Phi) is 7.10. The minimum atomic E-state index is -0.230. The van der Waals surface area contributed by atoms with Crippen molar-refractivity contribution in [2.24, 2.45) is 0 Å². The van der Waals surface area contributed by atoms with Crippen LogP contribution < -0.4 is 0 Å². The average Bonchev–Trinajstić information content (AvgIpc) is 2.43. The fourth-order valence-corrected chi connectivity index (χ4v) is 2.66. The van der Waals surface area contributed by atoms with Crippen LogP contribution in [-0.2, 0) is 9.53 Å². The summed E-state index contributed by atoms with van der Waals surface area (Å²) in [6, 6.07) is 7.12. The number of ketones is 1. The van der Waals surface area contributed by atoms with E-state index in [1.165, 1.54) is 11.8 Å². The standard InChI is InChI=1S/C15H19ClO3S/c1-4-14(15(18)19-10(2)3)20-12-7-5-11(6-8-12)13(17)9-16/h5-8,10,14H,4,9H2,1-3H3. The number of carbonyl (C=O) groups is 2. The lowest BCUT2D eigenvalue weighted by Crippen LogP contribution is -2.22. The van der Waals surface area contributed by atoms with E-state index in [0.717, 1.165) is 4.90 Å². The van der Waals surface area contributed by atoms with Crippen LogP contribution in [0.1, 0.15) is 37.6 Å². The molecule has 0 bridgehead atoms. The summed E-state index contributed by atoms with van der Waals surface area (Å²) >= 11 is 6.96. The number of hydrogen-bond acceptors (Lipinski definition) is 4. The molecule has 1 aromatic carbocycles. The molecule has 1 unspecified atom stereocenters. The third-order valence-corrected chi connectivity index (χ3v) is 4.16. The summed E-state index contributed by atoms with van der Waals surface area (Å²) in [6.07, 6.45) is 0.583. The molecule has 0 aliphatic rings. The van der Waals surface area contributed by atoms with Crippen molar-refractivity contribution in [3.63, 3.8) is 0 Å². The van der Waals surface area contributed by atoms with Crippen molar-refractivity contribution in [3.05, 3.63) is 29.8 Å². The topological polar surface area (TPSA) is 43.4 Å². The van der Waals surface area contributed by atoms with Crippen molar-refractivity contribution in [1.29, 1.82) is 0 Å². The number of benzene rings is 1. The van der Waals surface area contributed by atoms with Gasteiger partial charge in [0.15, 0.2) is 5.78 Å². The first kappa shape index (κ1) is 17.1. The van der Waals surface area contributed by atoms with Crippen molar-refractivity contribution in [1.82, 2.24) is 0 Å². The maximum Gasteiger partial charge on any atom is 0.319 e. The molecule has 0 saturated carbocycles. The summed E-state index contributed by atoms with van der Waals surface area (Å²) in [5.41, 5.74) is 0.585. The van der Waals surface area contributed by atoms with E-state index < -0.39 is 0 Å². The third-order valence-electron chi connectivity index (χ3n) is 2.56. The van der Waals surface area contributed by atoms with Crippen molar-refractivity contribution in [2.75, 3.05) is 5.88 Å². The number of ether oxygens (including phenoxy) is 1. The molecule has 1 rings (SSSR count). The van der Waals surface area contributed by atoms with E-state index in [2.05, 4.69) is 0 Å². The largest absolute Gasteiger partial charge is 0.462 e. The number of thioether (sulfide) groups is 1. The molecule has 1 atom stereocenters. The summed E-state index contributed by atoms with van der Waals surface area (Å²) in [5, 5.41) is -0.230. The van der Waals surface area contributed by atoms with E-state index in [9.17, 15) is 9.59 Å². The molecule has 1 aromatic rings. The predicted molar refractivity (Wildman–Crippen MR) is 82.7 cm³/mol. The highest BCUT2D eigenvalue weighted by atomic mass is 35.5. The SMILES string of the molecule is CCC(Sc1ccc(C(=O)CCl)cc1)C(=O)OC(C)C. The van der Waals surface area contributed by atoms with Gasteiger partial charge in [0.2, 0.25) is 0 Å². The lowest BCUT2D eigenvalue weighted by Gasteiger charge is -2.16. The highest BCUT2D eigenvalue weighted by Gasteiger charge is 2.20. The van der Waals surface area contributed by atoms with E-state index >= 15 is 0 Å². The minimum absolute atomic E-state index is 0.0230. The van der Waals surface area contributed by atoms with Crippen molar-refractivity contribution in [3.8, 4) is 0 Å². The molecule has 0 saturated heterocycles. The van der Waals surface area contributed by atoms with Gasteiger partial charge in [0.25, 0.3) is 0 Å². The van der Waals surface area contributed by atoms with Crippen LogP contribution in [-0.4, -0.2) is 29.0 Å². The molecule has 0 aliphatic heterocycles. The molecule has 0 aromatic heterocycles. The highest BCUT2D eigenvalue weighted by molar-refractivity contribution is 8.00. The van der Waals surface area contributed by atoms with Crippen molar-refractivity contribution >= 4 is 35.1 Å². The first-order valence-electron chi connectivity index (χ1n) is 6.54. The third kappa shape index (κ3) is 5.17. The maximum atomic E-state index is 11.9. The molecule has 0 heterocycles. The Hall–Kier alpha value is -1.00. The molecule has 0 amide bonds. The van der Waals surface area contributed by atoms with Gasteiger partial charge in [0.1, 0.15) is 5.25 Å². The van der Waals surface area contributed by atoms with Crippen LogP contribution in [0.5, 0.6) is 0 Å². The first-order chi connectivity index (χ1) is 9.47. The van der Waals surface area contributed by atoms with Gasteiger partial charge in [-0.25, -0.2) is 0 Å². The molecule has 5 heteroatoms. The molecule has 0 spiro atoms. The molecule has 0 aliphatic carbocycles. The van der Waals surface area contributed by atoms with Gasteiger partial charge in [-0.2, -0.15) is 0 Å². The minimum Gasteiger partial charge on any atom is -0.462 e. The second kappa shape index (κ2) is 8.32. The lowest BCUT2D eigenvalue weighted by atomic mass is 10.1. The Labute approximate surface area is 129 Å². The molecule has 0 radical (unpaired) electrons. The summed E-state index contributed by atoms with van der Waals surface area (Å²) in [6.45, 7) is 5.62. The van der Waals surface area contributed by atoms with Gasteiger partial charge in [0, 0.05) is 10.5 Å². The van der Waals surface area contributed by atoms with Gasteiger partial charge in [-0.05, 0) is 32.4 Å². The van der Waals surface area contributed by atoms with Gasteiger partial charge in [-0.15, -0.1) is 23.4 Å². The Morgan fingerprint density at radius 2 is 1.85 bits per heavy atom. The monoisotopic (exact) mass is 314 g/mol. The van der Waals surface area contributed by atoms with Crippen LogP contribution in [0.4, 0.5) is 0 Å². The van der Waals surface area contributed by atoms with Crippen LogP contribution >= 0.6 is 23.4 Å². The van der Waals surface area contributed by atoms with E-state index in [1.807, 2.05) is 32.9 Å². The van der Waals surface area contributed by atoms with E-state index in [4.69, 9.17) is 16.3 Å². The summed E-state index contributed by atoms with van der Waals surface area (Å²) in [5.74, 6) is -0.326. The summed E-state index contributed by atoms with van der Waals surface area (Å²) in [4.78, 5) is 24.2. The summed E-state index contributed by atoms with van der Waals surface area (Å²) < 4.78 is 5.22. The Morgan fingerprint density at radius 1 is 1.25 bits per heavy atom. The fourth-order valence-electron chi connectivity index (χ4n) is 1.57. The fraction of sp³-hybridized carbons (Fsp3) is 0.467. The molecular formula is C15H19ClO3S. The predicted octanol–water partition coefficient (Wildman–Crippen LogP) is 3.93. The first-order valence-corrected chi connectivity index (χ1v) is 7.95. The number of hydrogen-bond donors (Lipinski definition) is 0. The Balaban J connectivity index is 2.70. The molecule has 110 valence electrons. The zero-order valence-electron chi connectivity index (χ0n) is 11.9. The van der Waals surface area contributed by atoms with Crippen LogP contribution in [0, 0.1) is 0 Å². The number of Topliss-reactive ketones (excluding diaryl/α,β-unsaturated/α-hetero) is 1. The van der Waals surface area contributed by atoms with Crippen molar-refractivity contribution in [2.45, 2.75) is 43.4 Å². The second-order valence-corrected chi connectivity index (χ2v) is 6.12. The Bertz CT molecular complexity index is 457. The van der Waals surface area contributed by atoms with Gasteiger partial charge < -0.3 is 4.74 Å². The zero-order valence-corrected chi connectivity index (χ0v) is 13.5. The quantitative estimate of drug-likeness (QED) is 0.331. The van der Waals surface area contributed by atoms with Crippen LogP contribution in [0.3, 0.4) is 0 Å². The van der Waals surface area contributed by atoms with Crippen LogP contribution in [0.25, 0.3) is 0 Å². The second-order valence-electron chi connectivity index (χ2n) is 4.58. The molecular weight excluding hydrogens is 296 g/mol. The maximum absolute atomic E-state index is 11.9. The van der Waals surface area contributed by atoms with Gasteiger partial charge in [-0.1, -0.05) is 19.1 Å². The van der Waals surface area contributed by atoms with Crippen LogP contribution in [0.15, 0.2) is 29.2 Å². The smallest absolute Gasteiger partial charge is 0.319 e. The Morgan fingerprint density at radius 3 is 2.30 bits per heavy atom. The van der Waals surface area contributed by atoms with E-state index in [0.29, 0.717) is 12.0 Å². The van der Waals surface area contributed by atoms with Gasteiger partial charge in [-0.3, -0.25) is 9.59 Å². The molecule has 3 nitrogen and oxygen atoms in total. The van der Waals surface area contributed by atoms with Crippen molar-refractivity contribution < 1.29 is 14.3 Å². The zero-order chi connectivity index (χ0) is 15.1. The number of halogens is 1. The van der Waals surface area contributed by atoms with Gasteiger partial charge in [0.05, 0.1) is 12.0 Å². The number of carbonyl (C=O) groups excluding carboxylic acids is 2. The lowest BCUT2D eigenvalue weighted by molar-refractivity contribution is -0.146. The van der Waals surface area contributed by atoms with Gasteiger partial charge >= 0.3 is 5.97 Å². The van der Waals surface area contributed by atoms with E-state index in [1.54, 1.807) is 12.1 Å². The van der Waals surface area contributed by atoms with E-state index in [-0.39, 0.29) is 29.0 Å². The van der Waals surface area contributed by atoms with Crippen LogP contribution in [0.2, 0.25) is 0 Å². The molecule has 0 fully saturated rings. The number of alkyl halides is 1. The normalized spacial score (nSPS) is 12.2.